The van der Waals surface area contributed by atoms with Crippen LogP contribution >= 0.6 is 0 Å². The number of nitrogens with zero attached hydrogens (tertiary/aromatic N) is 1. The van der Waals surface area contributed by atoms with Crippen molar-refractivity contribution in [2.24, 2.45) is 0 Å². The molecular weight excluding hydrogens is 272 g/mol. The monoisotopic (exact) mass is 290 g/mol. The molecule has 1 saturated heterocycles. The summed E-state index contributed by atoms with van der Waals surface area (Å²) < 4.78 is 10.6. The molecule has 0 aliphatic carbocycles. The minimum Gasteiger partial charge on any atom is -0.481 e. The maximum absolute atomic E-state index is 11.9. The van der Waals surface area contributed by atoms with Gasteiger partial charge in [-0.3, -0.25) is 4.79 Å². The fraction of sp³-hybridized carbons (Fsp3) is 0.467. The third-order valence-corrected chi connectivity index (χ3v) is 3.34. The lowest BCUT2D eigenvalue weighted by Crippen LogP contribution is -2.46. The van der Waals surface area contributed by atoms with Gasteiger partial charge in [-0.2, -0.15) is 5.26 Å². The van der Waals surface area contributed by atoms with Crippen molar-refractivity contribution >= 4 is 5.91 Å². The van der Waals surface area contributed by atoms with Gasteiger partial charge in [0.25, 0.3) is 5.91 Å². The molecule has 6 nitrogen and oxygen atoms in total. The highest BCUT2D eigenvalue weighted by Gasteiger charge is 2.33. The summed E-state index contributed by atoms with van der Waals surface area (Å²) in [7, 11) is 0. The largest absolute Gasteiger partial charge is 0.481 e. The molecule has 6 heteroatoms. The number of amides is 1. The second-order valence-electron chi connectivity index (χ2n) is 5.14. The lowest BCUT2D eigenvalue weighted by atomic mass is 10.0. The van der Waals surface area contributed by atoms with Crippen LogP contribution in [0.3, 0.4) is 0 Å². The zero-order chi connectivity index (χ0) is 15.3. The van der Waals surface area contributed by atoms with E-state index in [1.54, 1.807) is 31.2 Å². The molecule has 1 aliphatic rings. The summed E-state index contributed by atoms with van der Waals surface area (Å²) in [5.41, 5.74) is -0.452. The van der Waals surface area contributed by atoms with Crippen LogP contribution in [0.25, 0.3) is 0 Å². The fourth-order valence-corrected chi connectivity index (χ4v) is 2.00. The molecule has 0 aromatic heterocycles. The highest BCUT2D eigenvalue weighted by Crippen LogP contribution is 2.17. The Hall–Kier alpha value is -2.10. The molecule has 112 valence electrons. The average Bonchev–Trinajstić information content (AvgIpc) is 2.93. The van der Waals surface area contributed by atoms with Crippen molar-refractivity contribution in [1.82, 2.24) is 5.32 Å². The van der Waals surface area contributed by atoms with Gasteiger partial charge in [0.1, 0.15) is 11.4 Å². The first-order valence-corrected chi connectivity index (χ1v) is 6.77. The van der Waals surface area contributed by atoms with Crippen LogP contribution in [0.4, 0.5) is 0 Å². The smallest absolute Gasteiger partial charge is 0.260 e. The fourth-order valence-electron chi connectivity index (χ4n) is 2.00. The topological polar surface area (TPSA) is 91.6 Å². The maximum atomic E-state index is 11.9. The number of ether oxygens (including phenoxy) is 2. The van der Waals surface area contributed by atoms with E-state index in [4.69, 9.17) is 14.7 Å². The second kappa shape index (κ2) is 6.57. The molecule has 0 bridgehead atoms. The number of benzene rings is 1. The molecule has 1 aliphatic heterocycles. The van der Waals surface area contributed by atoms with E-state index in [1.807, 2.05) is 6.07 Å². The average molecular weight is 290 g/mol. The van der Waals surface area contributed by atoms with Crippen molar-refractivity contribution in [1.29, 1.82) is 5.26 Å². The second-order valence-corrected chi connectivity index (χ2v) is 5.14. The molecule has 2 N–H and O–H groups in total. The Labute approximate surface area is 123 Å². The van der Waals surface area contributed by atoms with Crippen LogP contribution in [0.15, 0.2) is 24.3 Å². The van der Waals surface area contributed by atoms with Gasteiger partial charge in [-0.15, -0.1) is 0 Å². The molecule has 1 amide bonds. The molecule has 0 radical (unpaired) electrons. The van der Waals surface area contributed by atoms with Crippen LogP contribution in [-0.4, -0.2) is 42.5 Å². The number of hydrogen-bond donors (Lipinski definition) is 2. The molecule has 1 aromatic rings. The van der Waals surface area contributed by atoms with Gasteiger partial charge >= 0.3 is 0 Å². The van der Waals surface area contributed by atoms with Crippen LogP contribution in [-0.2, 0) is 9.53 Å². The quantitative estimate of drug-likeness (QED) is 0.828. The predicted octanol–water partition coefficient (Wildman–Crippen LogP) is 0.593. The van der Waals surface area contributed by atoms with Crippen LogP contribution in [0.1, 0.15) is 18.9 Å². The van der Waals surface area contributed by atoms with Gasteiger partial charge in [-0.1, -0.05) is 0 Å². The molecule has 1 fully saturated rings. The summed E-state index contributed by atoms with van der Waals surface area (Å²) in [6, 6.07) is 8.54. The van der Waals surface area contributed by atoms with E-state index in [-0.39, 0.29) is 19.1 Å². The molecule has 1 aromatic carbocycles. The predicted molar refractivity (Wildman–Crippen MR) is 74.6 cm³/mol. The van der Waals surface area contributed by atoms with Gasteiger partial charge in [0.05, 0.1) is 18.2 Å². The Morgan fingerprint density at radius 1 is 1.57 bits per heavy atom. The van der Waals surface area contributed by atoms with E-state index >= 15 is 0 Å². The van der Waals surface area contributed by atoms with Gasteiger partial charge in [-0.05, 0) is 31.2 Å². The summed E-state index contributed by atoms with van der Waals surface area (Å²) in [6.07, 6.45) is -0.179. The molecule has 2 unspecified atom stereocenters. The van der Waals surface area contributed by atoms with E-state index < -0.39 is 11.7 Å². The zero-order valence-electron chi connectivity index (χ0n) is 11.8. The number of nitrogens with one attached hydrogen (secondary N) is 1. The van der Waals surface area contributed by atoms with Gasteiger partial charge in [-0.25, -0.2) is 0 Å². The van der Waals surface area contributed by atoms with Crippen molar-refractivity contribution in [2.75, 3.05) is 19.8 Å². The molecule has 1 heterocycles. The van der Waals surface area contributed by atoms with Crippen molar-refractivity contribution in [3.05, 3.63) is 29.8 Å². The zero-order valence-corrected chi connectivity index (χ0v) is 11.8. The first-order chi connectivity index (χ1) is 10.0. The molecule has 2 atom stereocenters. The number of rotatable bonds is 5. The number of nitriles is 1. The van der Waals surface area contributed by atoms with Crippen molar-refractivity contribution in [2.45, 2.75) is 25.0 Å². The Bertz CT molecular complexity index is 530. The summed E-state index contributed by atoms with van der Waals surface area (Å²) in [5.74, 6) is 0.208. The normalized spacial score (nSPS) is 22.3. The van der Waals surface area contributed by atoms with Gasteiger partial charge < -0.3 is 19.9 Å². The number of hydrogen-bond acceptors (Lipinski definition) is 5. The van der Waals surface area contributed by atoms with Crippen LogP contribution < -0.4 is 10.1 Å². The van der Waals surface area contributed by atoms with E-state index in [9.17, 15) is 9.90 Å². The van der Waals surface area contributed by atoms with Crippen molar-refractivity contribution < 1.29 is 19.4 Å². The van der Waals surface area contributed by atoms with Gasteiger partial charge in [0, 0.05) is 19.6 Å². The molecule has 0 spiro atoms. The van der Waals surface area contributed by atoms with Crippen LogP contribution in [0, 0.1) is 11.3 Å². The lowest BCUT2D eigenvalue weighted by Gasteiger charge is -2.22. The van der Waals surface area contributed by atoms with E-state index in [0.717, 1.165) is 0 Å². The minimum atomic E-state index is -0.982. The Morgan fingerprint density at radius 2 is 2.29 bits per heavy atom. The van der Waals surface area contributed by atoms with Gasteiger partial charge in [0.2, 0.25) is 0 Å². The number of carbonyl (C=O) groups is 1. The summed E-state index contributed by atoms with van der Waals surface area (Å²) in [4.78, 5) is 11.9. The number of aliphatic hydroxyl groups is 1. The Balaban J connectivity index is 1.83. The third-order valence-electron chi connectivity index (χ3n) is 3.34. The summed E-state index contributed by atoms with van der Waals surface area (Å²) >= 11 is 0. The highest BCUT2D eigenvalue weighted by molar-refractivity contribution is 5.80. The third kappa shape index (κ3) is 4.18. The first-order valence-electron chi connectivity index (χ1n) is 6.77. The summed E-state index contributed by atoms with van der Waals surface area (Å²) in [5, 5.41) is 21.4. The van der Waals surface area contributed by atoms with Crippen LogP contribution in [0.5, 0.6) is 5.75 Å². The molecule has 2 rings (SSSR count). The summed E-state index contributed by atoms with van der Waals surface area (Å²) in [6.45, 7) is 2.51. The molecule has 21 heavy (non-hydrogen) atoms. The molecular formula is C15H18N2O4. The Kier molecular flexibility index (Phi) is 4.78. The van der Waals surface area contributed by atoms with Gasteiger partial charge in [0.15, 0.2) is 6.10 Å². The van der Waals surface area contributed by atoms with E-state index in [2.05, 4.69) is 5.32 Å². The standard InChI is InChI=1S/C15H18N2O4/c1-11(21-13-4-2-12(8-16)3-5-13)14(18)17-9-15(19)6-7-20-10-15/h2-5,11,19H,6-7,9-10H2,1H3,(H,17,18). The van der Waals surface area contributed by atoms with Crippen molar-refractivity contribution in [3.8, 4) is 11.8 Å². The highest BCUT2D eigenvalue weighted by atomic mass is 16.5. The SMILES string of the molecule is CC(Oc1ccc(C#N)cc1)C(=O)NCC1(O)CCOC1. The Morgan fingerprint density at radius 3 is 2.86 bits per heavy atom. The maximum Gasteiger partial charge on any atom is 0.260 e. The first kappa shape index (κ1) is 15.3. The van der Waals surface area contributed by atoms with E-state index in [0.29, 0.717) is 24.3 Å². The van der Waals surface area contributed by atoms with Crippen LogP contribution in [0.2, 0.25) is 0 Å². The minimum absolute atomic E-state index is 0.146. The number of carbonyl (C=O) groups excluding carboxylic acids is 1. The van der Waals surface area contributed by atoms with Crippen molar-refractivity contribution in [3.63, 3.8) is 0 Å². The lowest BCUT2D eigenvalue weighted by molar-refractivity contribution is -0.128. The molecule has 0 saturated carbocycles. The van der Waals surface area contributed by atoms with E-state index in [1.165, 1.54) is 0 Å².